The van der Waals surface area contributed by atoms with Crippen LogP contribution >= 0.6 is 11.8 Å². The summed E-state index contributed by atoms with van der Waals surface area (Å²) < 4.78 is 4.48. The third-order valence-electron chi connectivity index (χ3n) is 1.61. The Kier molecular flexibility index (Phi) is 8.42. The Morgan fingerprint density at radius 2 is 1.93 bits per heavy atom. The lowest BCUT2D eigenvalue weighted by molar-refractivity contribution is -0.140. The topological polar surface area (TPSA) is 63.6 Å². The van der Waals surface area contributed by atoms with E-state index in [9.17, 15) is 9.59 Å². The first-order valence-electron chi connectivity index (χ1n) is 4.53. The number of unbranched alkanes of at least 4 members (excludes halogenated alkanes) is 1. The number of methoxy groups -OCH3 is 1. The molecule has 0 radical (unpaired) electrons. The van der Waals surface area contributed by atoms with Crippen LogP contribution in [0.15, 0.2) is 0 Å². The normalized spacial score (nSPS) is 9.79. The summed E-state index contributed by atoms with van der Waals surface area (Å²) >= 11 is 1.65. The van der Waals surface area contributed by atoms with Crippen LogP contribution in [0.1, 0.15) is 25.7 Å². The lowest BCUT2D eigenvalue weighted by atomic mass is 10.3. The predicted octanol–water partition coefficient (Wildman–Crippen LogP) is 1.54. The highest BCUT2D eigenvalue weighted by Crippen LogP contribution is 2.07. The van der Waals surface area contributed by atoms with E-state index in [1.54, 1.807) is 11.8 Å². The first-order chi connectivity index (χ1) is 6.66. The van der Waals surface area contributed by atoms with E-state index >= 15 is 0 Å². The van der Waals surface area contributed by atoms with Gasteiger partial charge in [-0.2, -0.15) is 11.8 Å². The van der Waals surface area contributed by atoms with E-state index in [-0.39, 0.29) is 12.4 Å². The van der Waals surface area contributed by atoms with Gasteiger partial charge in [-0.3, -0.25) is 9.59 Å². The standard InChI is InChI=1S/C9H16O4S/c1-13-9(12)5-7-14-6-3-2-4-8(10)11/h2-7H2,1H3,(H,10,11). The Morgan fingerprint density at radius 3 is 2.50 bits per heavy atom. The molecule has 0 aliphatic rings. The molecule has 0 aliphatic carbocycles. The molecule has 0 aliphatic heterocycles. The smallest absolute Gasteiger partial charge is 0.306 e. The van der Waals surface area contributed by atoms with Gasteiger partial charge in [-0.05, 0) is 18.6 Å². The molecule has 0 unspecified atom stereocenters. The second-order valence-corrected chi connectivity index (χ2v) is 4.01. The van der Waals surface area contributed by atoms with Gasteiger partial charge in [-0.1, -0.05) is 0 Å². The number of thioether (sulfide) groups is 1. The monoisotopic (exact) mass is 220 g/mol. The zero-order valence-corrected chi connectivity index (χ0v) is 9.14. The average Bonchev–Trinajstić information content (AvgIpc) is 2.15. The van der Waals surface area contributed by atoms with Crippen molar-refractivity contribution in [3.63, 3.8) is 0 Å². The highest BCUT2D eigenvalue weighted by molar-refractivity contribution is 7.99. The Hall–Kier alpha value is -0.710. The maximum atomic E-state index is 10.7. The summed E-state index contributed by atoms with van der Waals surface area (Å²) in [5.41, 5.74) is 0. The van der Waals surface area contributed by atoms with Gasteiger partial charge in [0.25, 0.3) is 0 Å². The van der Waals surface area contributed by atoms with Crippen molar-refractivity contribution in [2.24, 2.45) is 0 Å². The average molecular weight is 220 g/mol. The van der Waals surface area contributed by atoms with Gasteiger partial charge in [0, 0.05) is 12.2 Å². The van der Waals surface area contributed by atoms with Crippen LogP contribution in [-0.2, 0) is 14.3 Å². The van der Waals surface area contributed by atoms with Crippen molar-refractivity contribution in [2.45, 2.75) is 25.7 Å². The maximum Gasteiger partial charge on any atom is 0.306 e. The molecule has 5 heteroatoms. The van der Waals surface area contributed by atoms with E-state index in [4.69, 9.17) is 5.11 Å². The van der Waals surface area contributed by atoms with Gasteiger partial charge < -0.3 is 9.84 Å². The van der Waals surface area contributed by atoms with E-state index in [1.807, 2.05) is 0 Å². The molecule has 0 bridgehead atoms. The Balaban J connectivity index is 3.06. The molecule has 0 atom stereocenters. The minimum Gasteiger partial charge on any atom is -0.481 e. The maximum absolute atomic E-state index is 10.7. The molecule has 0 aromatic carbocycles. The fourth-order valence-corrected chi connectivity index (χ4v) is 1.76. The van der Waals surface area contributed by atoms with Crippen LogP contribution in [0.2, 0.25) is 0 Å². The summed E-state index contributed by atoms with van der Waals surface area (Å²) in [6.45, 7) is 0. The second kappa shape index (κ2) is 8.87. The zero-order chi connectivity index (χ0) is 10.8. The molecule has 0 fully saturated rings. The van der Waals surface area contributed by atoms with Crippen molar-refractivity contribution < 1.29 is 19.4 Å². The van der Waals surface area contributed by atoms with Gasteiger partial charge in [-0.15, -0.1) is 0 Å². The molecule has 0 aromatic heterocycles. The molecule has 0 saturated heterocycles. The van der Waals surface area contributed by atoms with Gasteiger partial charge in [0.05, 0.1) is 13.5 Å². The fraction of sp³-hybridized carbons (Fsp3) is 0.778. The summed E-state index contributed by atoms with van der Waals surface area (Å²) in [5.74, 6) is 0.719. The van der Waals surface area contributed by atoms with Crippen LogP contribution in [0.4, 0.5) is 0 Å². The zero-order valence-electron chi connectivity index (χ0n) is 8.32. The SMILES string of the molecule is COC(=O)CCSCCCCC(=O)O. The van der Waals surface area contributed by atoms with Crippen molar-refractivity contribution in [2.75, 3.05) is 18.6 Å². The molecular weight excluding hydrogens is 204 g/mol. The minimum atomic E-state index is -0.746. The quantitative estimate of drug-likeness (QED) is 0.496. The van der Waals surface area contributed by atoms with Gasteiger partial charge in [0.1, 0.15) is 0 Å². The molecule has 0 rings (SSSR count). The van der Waals surface area contributed by atoms with E-state index in [0.717, 1.165) is 17.9 Å². The number of esters is 1. The van der Waals surface area contributed by atoms with E-state index < -0.39 is 5.97 Å². The van der Waals surface area contributed by atoms with Crippen molar-refractivity contribution >= 4 is 23.7 Å². The molecule has 1 N–H and O–H groups in total. The number of hydrogen-bond acceptors (Lipinski definition) is 4. The molecule has 0 amide bonds. The summed E-state index contributed by atoms with van der Waals surface area (Å²) in [6, 6.07) is 0. The van der Waals surface area contributed by atoms with Crippen LogP contribution in [-0.4, -0.2) is 35.7 Å². The molecule has 0 heterocycles. The van der Waals surface area contributed by atoms with Gasteiger partial charge in [0.15, 0.2) is 0 Å². The van der Waals surface area contributed by atoms with Crippen molar-refractivity contribution in [1.82, 2.24) is 0 Å². The van der Waals surface area contributed by atoms with E-state index in [2.05, 4.69) is 4.74 Å². The predicted molar refractivity (Wildman–Crippen MR) is 55.4 cm³/mol. The van der Waals surface area contributed by atoms with E-state index in [0.29, 0.717) is 12.8 Å². The summed E-state index contributed by atoms with van der Waals surface area (Å²) in [6.07, 6.45) is 2.26. The van der Waals surface area contributed by atoms with Crippen LogP contribution in [0.25, 0.3) is 0 Å². The summed E-state index contributed by atoms with van der Waals surface area (Å²) in [5, 5.41) is 8.35. The number of carbonyl (C=O) groups is 2. The number of carboxylic acid groups (broad SMARTS) is 1. The van der Waals surface area contributed by atoms with Crippen LogP contribution < -0.4 is 0 Å². The number of ether oxygens (including phenoxy) is 1. The Labute approximate surface area is 88.0 Å². The number of rotatable bonds is 8. The molecule has 0 saturated carbocycles. The summed E-state index contributed by atoms with van der Waals surface area (Å²) in [7, 11) is 1.37. The Morgan fingerprint density at radius 1 is 1.21 bits per heavy atom. The van der Waals surface area contributed by atoms with Gasteiger partial charge in [-0.25, -0.2) is 0 Å². The van der Waals surface area contributed by atoms with Crippen molar-refractivity contribution in [3.8, 4) is 0 Å². The molecule has 0 aromatic rings. The fourth-order valence-electron chi connectivity index (χ4n) is 0.840. The summed E-state index contributed by atoms with van der Waals surface area (Å²) in [4.78, 5) is 20.8. The highest BCUT2D eigenvalue weighted by Gasteiger charge is 2.00. The van der Waals surface area contributed by atoms with Gasteiger partial charge in [0.2, 0.25) is 0 Å². The first-order valence-corrected chi connectivity index (χ1v) is 5.68. The number of carbonyl (C=O) groups excluding carboxylic acids is 1. The molecule has 4 nitrogen and oxygen atoms in total. The minimum absolute atomic E-state index is 0.192. The molecular formula is C9H16O4S. The molecule has 14 heavy (non-hydrogen) atoms. The highest BCUT2D eigenvalue weighted by atomic mass is 32.2. The first kappa shape index (κ1) is 13.3. The van der Waals surface area contributed by atoms with E-state index in [1.165, 1.54) is 7.11 Å². The number of hydrogen-bond donors (Lipinski definition) is 1. The van der Waals surface area contributed by atoms with Crippen molar-refractivity contribution in [3.05, 3.63) is 0 Å². The van der Waals surface area contributed by atoms with Crippen LogP contribution in [0.3, 0.4) is 0 Å². The molecule has 82 valence electrons. The number of aliphatic carboxylic acids is 1. The Bertz CT molecular complexity index is 182. The third-order valence-corrected chi connectivity index (χ3v) is 2.68. The number of carboxylic acids is 1. The van der Waals surface area contributed by atoms with Crippen molar-refractivity contribution in [1.29, 1.82) is 0 Å². The second-order valence-electron chi connectivity index (χ2n) is 2.79. The molecule has 0 spiro atoms. The lowest BCUT2D eigenvalue weighted by Gasteiger charge is -1.99. The van der Waals surface area contributed by atoms with Crippen LogP contribution in [0, 0.1) is 0 Å². The largest absolute Gasteiger partial charge is 0.481 e. The third kappa shape index (κ3) is 9.38. The van der Waals surface area contributed by atoms with Gasteiger partial charge >= 0.3 is 11.9 Å². The lowest BCUT2D eigenvalue weighted by Crippen LogP contribution is -2.01. The van der Waals surface area contributed by atoms with Crippen LogP contribution in [0.5, 0.6) is 0 Å².